The van der Waals surface area contributed by atoms with E-state index < -0.39 is 6.10 Å². The molecule has 2 unspecified atom stereocenters. The molecule has 1 aromatic rings. The quantitative estimate of drug-likeness (QED) is 0.827. The summed E-state index contributed by atoms with van der Waals surface area (Å²) in [6.45, 7) is 0.888. The highest BCUT2D eigenvalue weighted by molar-refractivity contribution is 7.80. The summed E-state index contributed by atoms with van der Waals surface area (Å²) >= 11 is 5.03. The molecule has 1 fully saturated rings. The predicted molar refractivity (Wildman–Crippen MR) is 77.9 cm³/mol. The molecule has 6 heteroatoms. The van der Waals surface area contributed by atoms with E-state index in [0.717, 1.165) is 12.8 Å². The molecule has 2 N–H and O–H groups in total. The van der Waals surface area contributed by atoms with Crippen molar-refractivity contribution in [2.75, 3.05) is 13.2 Å². The van der Waals surface area contributed by atoms with Gasteiger partial charge in [0.1, 0.15) is 6.61 Å². The zero-order valence-electron chi connectivity index (χ0n) is 11.0. The van der Waals surface area contributed by atoms with Crippen LogP contribution in [0.4, 0.5) is 0 Å². The van der Waals surface area contributed by atoms with Gasteiger partial charge in [0.25, 0.3) is 5.91 Å². The second-order valence-corrected chi connectivity index (χ2v) is 5.43. The van der Waals surface area contributed by atoms with Crippen molar-refractivity contribution < 1.29 is 14.3 Å². The number of carbonyl (C=O) groups excluding carboxylic acids is 1. The molecule has 20 heavy (non-hydrogen) atoms. The van der Waals surface area contributed by atoms with Crippen molar-refractivity contribution in [3.8, 4) is 11.5 Å². The van der Waals surface area contributed by atoms with Crippen molar-refractivity contribution in [1.82, 2.24) is 4.90 Å². The van der Waals surface area contributed by atoms with Crippen molar-refractivity contribution in [1.29, 1.82) is 0 Å². The van der Waals surface area contributed by atoms with E-state index in [2.05, 4.69) is 0 Å². The van der Waals surface area contributed by atoms with Crippen LogP contribution in [-0.2, 0) is 4.79 Å². The van der Waals surface area contributed by atoms with Crippen LogP contribution >= 0.6 is 12.2 Å². The first-order chi connectivity index (χ1) is 9.66. The highest BCUT2D eigenvalue weighted by atomic mass is 32.1. The van der Waals surface area contributed by atoms with Gasteiger partial charge in [-0.15, -0.1) is 0 Å². The summed E-state index contributed by atoms with van der Waals surface area (Å²) in [6.07, 6.45) is 1.11. The molecule has 0 aliphatic carbocycles. The van der Waals surface area contributed by atoms with Gasteiger partial charge >= 0.3 is 0 Å². The van der Waals surface area contributed by atoms with Gasteiger partial charge in [-0.3, -0.25) is 4.79 Å². The van der Waals surface area contributed by atoms with Gasteiger partial charge < -0.3 is 20.1 Å². The van der Waals surface area contributed by atoms with Crippen LogP contribution in [0.2, 0.25) is 0 Å². The lowest BCUT2D eigenvalue weighted by Crippen LogP contribution is -2.51. The van der Waals surface area contributed by atoms with E-state index in [9.17, 15) is 4.79 Å². The fourth-order valence-electron chi connectivity index (χ4n) is 2.65. The van der Waals surface area contributed by atoms with Crippen LogP contribution in [0, 0.1) is 0 Å². The minimum atomic E-state index is -0.625. The second kappa shape index (κ2) is 5.28. The number of ether oxygens (including phenoxy) is 2. The Kier molecular flexibility index (Phi) is 3.48. The summed E-state index contributed by atoms with van der Waals surface area (Å²) in [5.74, 6) is 1.17. The largest absolute Gasteiger partial charge is 0.485 e. The number of rotatable bonds is 2. The fraction of sp³-hybridized carbons (Fsp3) is 0.429. The number of nitrogens with zero attached hydrogens (tertiary/aromatic N) is 1. The molecule has 106 valence electrons. The average Bonchev–Trinajstić information content (AvgIpc) is 2.95. The summed E-state index contributed by atoms with van der Waals surface area (Å²) in [4.78, 5) is 14.6. The number of hydrogen-bond acceptors (Lipinski definition) is 4. The highest BCUT2D eigenvalue weighted by Crippen LogP contribution is 2.32. The first-order valence-corrected chi connectivity index (χ1v) is 7.06. The fourth-order valence-corrected chi connectivity index (χ4v) is 2.90. The molecule has 2 aliphatic rings. The van der Waals surface area contributed by atoms with Crippen LogP contribution in [0.25, 0.3) is 0 Å². The summed E-state index contributed by atoms with van der Waals surface area (Å²) in [5.41, 5.74) is 5.70. The number of nitrogens with two attached hydrogens (primary N) is 1. The molecular weight excluding hydrogens is 276 g/mol. The number of thiocarbonyl (C=S) groups is 1. The number of carbonyl (C=O) groups is 1. The van der Waals surface area contributed by atoms with Gasteiger partial charge in [0.15, 0.2) is 11.5 Å². The second-order valence-electron chi connectivity index (χ2n) is 4.96. The third-order valence-corrected chi connectivity index (χ3v) is 3.92. The van der Waals surface area contributed by atoms with Crippen molar-refractivity contribution in [2.24, 2.45) is 5.73 Å². The average molecular weight is 292 g/mol. The Morgan fingerprint density at radius 3 is 2.85 bits per heavy atom. The minimum Gasteiger partial charge on any atom is -0.485 e. The normalized spacial score (nSPS) is 24.5. The zero-order valence-corrected chi connectivity index (χ0v) is 11.8. The van der Waals surface area contributed by atoms with E-state index in [1.807, 2.05) is 18.2 Å². The van der Waals surface area contributed by atoms with E-state index in [1.54, 1.807) is 11.0 Å². The number of fused-ring (bicyclic) bond motifs is 1. The van der Waals surface area contributed by atoms with E-state index in [4.69, 9.17) is 27.4 Å². The van der Waals surface area contributed by atoms with Gasteiger partial charge in [-0.25, -0.2) is 0 Å². The van der Waals surface area contributed by atoms with Crippen molar-refractivity contribution in [2.45, 2.75) is 25.0 Å². The first-order valence-electron chi connectivity index (χ1n) is 6.65. The molecule has 3 rings (SSSR count). The van der Waals surface area contributed by atoms with Gasteiger partial charge in [0.2, 0.25) is 6.10 Å². The van der Waals surface area contributed by atoms with Gasteiger partial charge in [0.05, 0.1) is 11.0 Å². The van der Waals surface area contributed by atoms with Crippen molar-refractivity contribution in [3.05, 3.63) is 24.3 Å². The molecule has 1 aromatic carbocycles. The molecule has 2 atom stereocenters. The number of para-hydroxylation sites is 2. The van der Waals surface area contributed by atoms with Crippen LogP contribution in [0.5, 0.6) is 11.5 Å². The Balaban J connectivity index is 1.74. The molecule has 2 heterocycles. The highest BCUT2D eigenvalue weighted by Gasteiger charge is 2.37. The number of amides is 1. The minimum absolute atomic E-state index is 0.102. The topological polar surface area (TPSA) is 64.8 Å². The van der Waals surface area contributed by atoms with Crippen LogP contribution < -0.4 is 15.2 Å². The lowest BCUT2D eigenvalue weighted by molar-refractivity contribution is -0.140. The van der Waals surface area contributed by atoms with Crippen LogP contribution in [0.15, 0.2) is 24.3 Å². The summed E-state index contributed by atoms with van der Waals surface area (Å²) in [5, 5.41) is 0. The monoisotopic (exact) mass is 292 g/mol. The first kappa shape index (κ1) is 13.2. The Morgan fingerprint density at radius 2 is 2.10 bits per heavy atom. The molecule has 2 aliphatic heterocycles. The van der Waals surface area contributed by atoms with Gasteiger partial charge in [-0.1, -0.05) is 24.4 Å². The van der Waals surface area contributed by atoms with E-state index in [1.165, 1.54) is 0 Å². The maximum Gasteiger partial charge on any atom is 0.267 e. The lowest BCUT2D eigenvalue weighted by Gasteiger charge is -2.31. The predicted octanol–water partition coefficient (Wildman–Crippen LogP) is 1.10. The number of hydrogen-bond donors (Lipinski definition) is 1. The molecule has 0 saturated carbocycles. The molecular formula is C14H16N2O3S. The summed E-state index contributed by atoms with van der Waals surface area (Å²) in [6, 6.07) is 7.18. The van der Waals surface area contributed by atoms with Crippen LogP contribution in [0.1, 0.15) is 12.8 Å². The van der Waals surface area contributed by atoms with Gasteiger partial charge in [0, 0.05) is 6.54 Å². The molecule has 0 aromatic heterocycles. The Morgan fingerprint density at radius 1 is 1.35 bits per heavy atom. The smallest absolute Gasteiger partial charge is 0.267 e. The Labute approximate surface area is 122 Å². The SMILES string of the molecule is NC(=S)C1CCCN1C(=O)C1COc2ccccc2O1. The zero-order chi connectivity index (χ0) is 14.1. The molecule has 1 amide bonds. The summed E-state index contributed by atoms with van der Waals surface area (Å²) in [7, 11) is 0. The Bertz CT molecular complexity index is 549. The maximum atomic E-state index is 12.5. The molecule has 0 radical (unpaired) electrons. The van der Waals surface area contributed by atoms with Crippen LogP contribution in [0.3, 0.4) is 0 Å². The van der Waals surface area contributed by atoms with Gasteiger partial charge in [-0.2, -0.15) is 0 Å². The van der Waals surface area contributed by atoms with E-state index in [-0.39, 0.29) is 18.6 Å². The number of benzene rings is 1. The Hall–Kier alpha value is -1.82. The van der Waals surface area contributed by atoms with Crippen molar-refractivity contribution >= 4 is 23.1 Å². The number of likely N-dealkylation sites (tertiary alicyclic amines) is 1. The lowest BCUT2D eigenvalue weighted by atomic mass is 10.2. The van der Waals surface area contributed by atoms with E-state index in [0.29, 0.717) is 23.0 Å². The molecule has 0 bridgehead atoms. The van der Waals surface area contributed by atoms with Gasteiger partial charge in [-0.05, 0) is 25.0 Å². The van der Waals surface area contributed by atoms with E-state index >= 15 is 0 Å². The molecule has 5 nitrogen and oxygen atoms in total. The van der Waals surface area contributed by atoms with Crippen LogP contribution in [-0.4, -0.2) is 41.1 Å². The third kappa shape index (κ3) is 2.31. The molecule has 0 spiro atoms. The van der Waals surface area contributed by atoms with Crippen molar-refractivity contribution in [3.63, 3.8) is 0 Å². The maximum absolute atomic E-state index is 12.5. The molecule has 1 saturated heterocycles. The standard InChI is InChI=1S/C14H16N2O3S/c15-13(20)9-4-3-7-16(9)14(17)12-8-18-10-5-1-2-6-11(10)19-12/h1-2,5-6,9,12H,3-4,7-8H2,(H2,15,20). The third-order valence-electron chi connectivity index (χ3n) is 3.65. The summed E-state index contributed by atoms with van der Waals surface area (Å²) < 4.78 is 11.3.